The molecule has 0 radical (unpaired) electrons. The van der Waals surface area contributed by atoms with E-state index in [1.54, 1.807) is 18.2 Å². The van der Waals surface area contributed by atoms with E-state index in [0.717, 1.165) is 0 Å². The molecule has 4 nitrogen and oxygen atoms in total. The second kappa shape index (κ2) is 7.36. The van der Waals surface area contributed by atoms with Crippen molar-refractivity contribution < 1.29 is 9.53 Å². The molecule has 0 aromatic heterocycles. The molecule has 1 rings (SSSR count). The smallest absolute Gasteiger partial charge is 0.241 e. The molecule has 0 bridgehead atoms. The fourth-order valence-electron chi connectivity index (χ4n) is 1.70. The second-order valence-corrected chi connectivity index (χ2v) is 5.21. The molecule has 0 saturated carbocycles. The van der Waals surface area contributed by atoms with Gasteiger partial charge in [0.15, 0.2) is 0 Å². The predicted octanol–water partition coefficient (Wildman–Crippen LogP) is 3.05. The maximum absolute atomic E-state index is 11.9. The summed E-state index contributed by atoms with van der Waals surface area (Å²) in [5.74, 6) is 0.784. The quantitative estimate of drug-likeness (QED) is 0.844. The Bertz CT molecular complexity index is 435. The van der Waals surface area contributed by atoms with E-state index < -0.39 is 6.04 Å². The first-order valence-corrected chi connectivity index (χ1v) is 6.80. The summed E-state index contributed by atoms with van der Waals surface area (Å²) >= 11 is 6.05. The van der Waals surface area contributed by atoms with Gasteiger partial charge in [-0.05, 0) is 37.5 Å². The monoisotopic (exact) mass is 284 g/mol. The molecule has 5 heteroatoms. The van der Waals surface area contributed by atoms with Gasteiger partial charge in [-0.25, -0.2) is 0 Å². The number of carbonyl (C=O) groups excluding carboxylic acids is 1. The number of carbonyl (C=O) groups is 1. The topological polar surface area (TPSA) is 64.3 Å². The number of hydrogen-bond donors (Lipinski definition) is 2. The van der Waals surface area contributed by atoms with E-state index in [4.69, 9.17) is 22.1 Å². The lowest BCUT2D eigenvalue weighted by Crippen LogP contribution is -2.36. The van der Waals surface area contributed by atoms with Crippen LogP contribution in [0.1, 0.15) is 27.2 Å². The minimum Gasteiger partial charge on any atom is -0.492 e. The number of benzene rings is 1. The molecule has 19 heavy (non-hydrogen) atoms. The molecule has 0 heterocycles. The number of halogens is 1. The van der Waals surface area contributed by atoms with Gasteiger partial charge in [0, 0.05) is 5.69 Å². The Balaban J connectivity index is 2.67. The summed E-state index contributed by atoms with van der Waals surface area (Å²) < 4.78 is 5.33. The van der Waals surface area contributed by atoms with Gasteiger partial charge in [0.05, 0.1) is 17.7 Å². The average molecular weight is 285 g/mol. The molecule has 0 aliphatic heterocycles. The van der Waals surface area contributed by atoms with Gasteiger partial charge in [-0.1, -0.05) is 25.4 Å². The van der Waals surface area contributed by atoms with Gasteiger partial charge in [0.1, 0.15) is 5.75 Å². The maximum atomic E-state index is 11.9. The SMILES string of the molecule is CCOc1ccc(NC(=O)[C@H](N)CC(C)C)cc1Cl. The third-order valence-corrected chi connectivity index (χ3v) is 2.86. The molecule has 1 atom stereocenters. The van der Waals surface area contributed by atoms with Gasteiger partial charge in [-0.15, -0.1) is 0 Å². The minimum atomic E-state index is -0.509. The van der Waals surface area contributed by atoms with Crippen LogP contribution in [0.5, 0.6) is 5.75 Å². The molecule has 106 valence electrons. The third-order valence-electron chi connectivity index (χ3n) is 2.56. The molecule has 0 spiro atoms. The van der Waals surface area contributed by atoms with Crippen molar-refractivity contribution in [1.29, 1.82) is 0 Å². The van der Waals surface area contributed by atoms with Crippen LogP contribution < -0.4 is 15.8 Å². The van der Waals surface area contributed by atoms with E-state index >= 15 is 0 Å². The van der Waals surface area contributed by atoms with Crippen LogP contribution in [-0.2, 0) is 4.79 Å². The van der Waals surface area contributed by atoms with Crippen LogP contribution >= 0.6 is 11.6 Å². The highest BCUT2D eigenvalue weighted by Crippen LogP contribution is 2.27. The van der Waals surface area contributed by atoms with E-state index in [1.807, 2.05) is 20.8 Å². The van der Waals surface area contributed by atoms with Crippen molar-refractivity contribution in [3.8, 4) is 5.75 Å². The largest absolute Gasteiger partial charge is 0.492 e. The van der Waals surface area contributed by atoms with Gasteiger partial charge in [0.25, 0.3) is 0 Å². The van der Waals surface area contributed by atoms with Gasteiger partial charge in [-0.3, -0.25) is 4.79 Å². The predicted molar refractivity (Wildman–Crippen MR) is 78.7 cm³/mol. The van der Waals surface area contributed by atoms with E-state index in [2.05, 4.69) is 5.32 Å². The van der Waals surface area contributed by atoms with Crippen LogP contribution in [0.4, 0.5) is 5.69 Å². The van der Waals surface area contributed by atoms with Crippen LogP contribution in [-0.4, -0.2) is 18.6 Å². The van der Waals surface area contributed by atoms with Gasteiger partial charge in [-0.2, -0.15) is 0 Å². The first-order valence-electron chi connectivity index (χ1n) is 6.42. The van der Waals surface area contributed by atoms with Crippen LogP contribution in [0.3, 0.4) is 0 Å². The molecule has 1 amide bonds. The summed E-state index contributed by atoms with van der Waals surface area (Å²) in [5.41, 5.74) is 6.43. The number of rotatable bonds is 6. The minimum absolute atomic E-state index is 0.200. The molecule has 0 aliphatic carbocycles. The van der Waals surface area contributed by atoms with E-state index in [-0.39, 0.29) is 5.91 Å². The number of anilines is 1. The highest BCUT2D eigenvalue weighted by molar-refractivity contribution is 6.32. The number of amides is 1. The normalized spacial score (nSPS) is 12.3. The zero-order chi connectivity index (χ0) is 14.4. The Morgan fingerprint density at radius 3 is 2.68 bits per heavy atom. The summed E-state index contributed by atoms with van der Waals surface area (Å²) in [4.78, 5) is 11.9. The second-order valence-electron chi connectivity index (χ2n) is 4.80. The summed E-state index contributed by atoms with van der Waals surface area (Å²) in [7, 11) is 0. The highest BCUT2D eigenvalue weighted by atomic mass is 35.5. The zero-order valence-corrected chi connectivity index (χ0v) is 12.3. The van der Waals surface area contributed by atoms with Crippen LogP contribution in [0.25, 0.3) is 0 Å². The Labute approximate surface area is 119 Å². The molecule has 0 fully saturated rings. The van der Waals surface area contributed by atoms with Crippen LogP contribution in [0.2, 0.25) is 5.02 Å². The number of ether oxygens (including phenoxy) is 1. The molecule has 0 unspecified atom stereocenters. The zero-order valence-electron chi connectivity index (χ0n) is 11.6. The van der Waals surface area contributed by atoms with Gasteiger partial charge >= 0.3 is 0 Å². The lowest BCUT2D eigenvalue weighted by molar-refractivity contribution is -0.117. The Morgan fingerprint density at radius 1 is 1.47 bits per heavy atom. The van der Waals surface area contributed by atoms with Crippen LogP contribution in [0.15, 0.2) is 18.2 Å². The average Bonchev–Trinajstić information content (AvgIpc) is 2.32. The standard InChI is InChI=1S/C14H21ClN2O2/c1-4-19-13-6-5-10(8-11(13)15)17-14(18)12(16)7-9(2)3/h5-6,8-9,12H,4,7,16H2,1-3H3,(H,17,18)/t12-/m1/s1. The van der Waals surface area contributed by atoms with Crippen molar-refractivity contribution in [2.24, 2.45) is 11.7 Å². The summed E-state index contributed by atoms with van der Waals surface area (Å²) in [6.07, 6.45) is 0.649. The molecule has 3 N–H and O–H groups in total. The number of nitrogens with two attached hydrogens (primary N) is 1. The number of nitrogens with one attached hydrogen (secondary N) is 1. The van der Waals surface area contributed by atoms with Crippen molar-refractivity contribution in [2.45, 2.75) is 33.2 Å². The van der Waals surface area contributed by atoms with Gasteiger partial charge < -0.3 is 15.8 Å². The highest BCUT2D eigenvalue weighted by Gasteiger charge is 2.15. The lowest BCUT2D eigenvalue weighted by Gasteiger charge is -2.15. The Hall–Kier alpha value is -1.26. The molecule has 0 aliphatic rings. The van der Waals surface area contributed by atoms with E-state index in [0.29, 0.717) is 35.4 Å². The molecule has 1 aromatic carbocycles. The third kappa shape index (κ3) is 5.09. The lowest BCUT2D eigenvalue weighted by atomic mass is 10.0. The van der Waals surface area contributed by atoms with Gasteiger partial charge in [0.2, 0.25) is 5.91 Å². The molecule has 1 aromatic rings. The van der Waals surface area contributed by atoms with Crippen molar-refractivity contribution in [2.75, 3.05) is 11.9 Å². The molecular formula is C14H21ClN2O2. The Kier molecular flexibility index (Phi) is 6.12. The van der Waals surface area contributed by atoms with Crippen LogP contribution in [0, 0.1) is 5.92 Å². The van der Waals surface area contributed by atoms with Crippen molar-refractivity contribution in [3.05, 3.63) is 23.2 Å². The first-order chi connectivity index (χ1) is 8.93. The molecular weight excluding hydrogens is 264 g/mol. The van der Waals surface area contributed by atoms with Crippen molar-refractivity contribution >= 4 is 23.2 Å². The summed E-state index contributed by atoms with van der Waals surface area (Å²) in [6, 6.07) is 4.63. The fourth-order valence-corrected chi connectivity index (χ4v) is 1.94. The van der Waals surface area contributed by atoms with E-state index in [1.165, 1.54) is 0 Å². The fraction of sp³-hybridized carbons (Fsp3) is 0.500. The maximum Gasteiger partial charge on any atom is 0.241 e. The number of hydrogen-bond acceptors (Lipinski definition) is 3. The van der Waals surface area contributed by atoms with Crippen molar-refractivity contribution in [1.82, 2.24) is 0 Å². The Morgan fingerprint density at radius 2 is 2.16 bits per heavy atom. The van der Waals surface area contributed by atoms with E-state index in [9.17, 15) is 4.79 Å². The summed E-state index contributed by atoms with van der Waals surface area (Å²) in [6.45, 7) is 6.49. The van der Waals surface area contributed by atoms with Crippen molar-refractivity contribution in [3.63, 3.8) is 0 Å². The molecule has 0 saturated heterocycles. The first kappa shape index (κ1) is 15.8. The summed E-state index contributed by atoms with van der Waals surface area (Å²) in [5, 5.41) is 3.22.